The number of carbonyl (C=O) groups excluding carboxylic acids is 2. The van der Waals surface area contributed by atoms with Crippen LogP contribution in [0.25, 0.3) is 0 Å². The fraction of sp³-hybridized carbons (Fsp3) is 0.867. The molecule has 2 aliphatic heterocycles. The molecule has 2 fully saturated rings. The van der Waals surface area contributed by atoms with Crippen LogP contribution in [0, 0.1) is 5.92 Å². The standard InChI is InChI=1S/C15H27N3O2S.ClH/c1-3-11(4-2)15(20)18-7-5-12(6-8-18)17-14(19)13-9-21-10-16-13;/h11-13,16H,3-10H2,1-2H3,(H,17,19);1H. The maximum absolute atomic E-state index is 12.3. The highest BCUT2D eigenvalue weighted by Gasteiger charge is 2.29. The molecular formula is C15H28ClN3O2S. The van der Waals surface area contributed by atoms with Gasteiger partial charge in [-0.1, -0.05) is 13.8 Å². The van der Waals surface area contributed by atoms with Gasteiger partial charge >= 0.3 is 0 Å². The zero-order valence-corrected chi connectivity index (χ0v) is 15.1. The summed E-state index contributed by atoms with van der Waals surface area (Å²) in [5.74, 6) is 2.29. The second-order valence-electron chi connectivity index (χ2n) is 5.89. The van der Waals surface area contributed by atoms with Gasteiger partial charge in [0.2, 0.25) is 11.8 Å². The zero-order valence-electron chi connectivity index (χ0n) is 13.5. The maximum Gasteiger partial charge on any atom is 0.238 e. The zero-order chi connectivity index (χ0) is 15.2. The summed E-state index contributed by atoms with van der Waals surface area (Å²) in [5, 5.41) is 6.31. The summed E-state index contributed by atoms with van der Waals surface area (Å²) in [6, 6.07) is 0.176. The molecule has 0 aromatic rings. The average molecular weight is 350 g/mol. The van der Waals surface area contributed by atoms with Gasteiger partial charge in [-0.15, -0.1) is 24.2 Å². The highest BCUT2D eigenvalue weighted by Crippen LogP contribution is 2.18. The Morgan fingerprint density at radius 3 is 2.41 bits per heavy atom. The molecule has 5 nitrogen and oxygen atoms in total. The van der Waals surface area contributed by atoms with Crippen molar-refractivity contribution < 1.29 is 9.59 Å². The van der Waals surface area contributed by atoms with Crippen LogP contribution in [0.3, 0.4) is 0 Å². The number of thioether (sulfide) groups is 1. The minimum absolute atomic E-state index is 0. The molecule has 0 saturated carbocycles. The number of hydrogen-bond acceptors (Lipinski definition) is 4. The quantitative estimate of drug-likeness (QED) is 0.791. The van der Waals surface area contributed by atoms with Gasteiger partial charge in [-0.2, -0.15) is 0 Å². The smallest absolute Gasteiger partial charge is 0.238 e. The van der Waals surface area contributed by atoms with Gasteiger partial charge in [0.05, 0.1) is 6.04 Å². The molecule has 2 heterocycles. The van der Waals surface area contributed by atoms with E-state index in [9.17, 15) is 9.59 Å². The molecule has 2 saturated heterocycles. The third-order valence-electron chi connectivity index (χ3n) is 4.52. The number of carbonyl (C=O) groups is 2. The molecule has 2 amide bonds. The Balaban J connectivity index is 0.00000242. The molecule has 7 heteroatoms. The van der Waals surface area contributed by atoms with Crippen LogP contribution in [0.5, 0.6) is 0 Å². The lowest BCUT2D eigenvalue weighted by Gasteiger charge is -2.34. The molecule has 2 aliphatic rings. The van der Waals surface area contributed by atoms with Crippen LogP contribution in [0.2, 0.25) is 0 Å². The number of amides is 2. The summed E-state index contributed by atoms with van der Waals surface area (Å²) in [7, 11) is 0. The fourth-order valence-electron chi connectivity index (χ4n) is 3.01. The second-order valence-corrected chi connectivity index (χ2v) is 6.92. The van der Waals surface area contributed by atoms with E-state index in [-0.39, 0.29) is 36.3 Å². The van der Waals surface area contributed by atoms with Crippen LogP contribution in [0.4, 0.5) is 0 Å². The van der Waals surface area contributed by atoms with E-state index in [0.29, 0.717) is 5.91 Å². The monoisotopic (exact) mass is 349 g/mol. The third-order valence-corrected chi connectivity index (χ3v) is 5.46. The van der Waals surface area contributed by atoms with Gasteiger partial charge in [-0.3, -0.25) is 14.9 Å². The Morgan fingerprint density at radius 1 is 1.27 bits per heavy atom. The molecule has 2 rings (SSSR count). The van der Waals surface area contributed by atoms with E-state index in [1.54, 1.807) is 11.8 Å². The predicted molar refractivity (Wildman–Crippen MR) is 93.3 cm³/mol. The van der Waals surface area contributed by atoms with Crippen molar-refractivity contribution in [2.24, 2.45) is 5.92 Å². The van der Waals surface area contributed by atoms with E-state index < -0.39 is 0 Å². The van der Waals surface area contributed by atoms with Gasteiger partial charge in [0.15, 0.2) is 0 Å². The van der Waals surface area contributed by atoms with Crippen LogP contribution in [0.1, 0.15) is 39.5 Å². The first-order valence-electron chi connectivity index (χ1n) is 8.06. The highest BCUT2D eigenvalue weighted by molar-refractivity contribution is 7.99. The van der Waals surface area contributed by atoms with Gasteiger partial charge in [-0.25, -0.2) is 0 Å². The van der Waals surface area contributed by atoms with Crippen molar-refractivity contribution in [3.63, 3.8) is 0 Å². The van der Waals surface area contributed by atoms with Crippen LogP contribution in [0.15, 0.2) is 0 Å². The molecular weight excluding hydrogens is 322 g/mol. The normalized spacial score (nSPS) is 22.5. The van der Waals surface area contributed by atoms with Crippen LogP contribution >= 0.6 is 24.2 Å². The van der Waals surface area contributed by atoms with Crippen LogP contribution in [-0.4, -0.2) is 53.5 Å². The summed E-state index contributed by atoms with van der Waals surface area (Å²) in [6.45, 7) is 5.69. The molecule has 0 aromatic carbocycles. The second kappa shape index (κ2) is 9.63. The van der Waals surface area contributed by atoms with E-state index in [4.69, 9.17) is 0 Å². The Bertz CT molecular complexity index is 366. The average Bonchev–Trinajstić information content (AvgIpc) is 3.03. The Kier molecular flexibility index (Phi) is 8.57. The van der Waals surface area contributed by atoms with Crippen LogP contribution < -0.4 is 10.6 Å². The molecule has 0 radical (unpaired) electrons. The van der Waals surface area contributed by atoms with Gasteiger partial charge in [-0.05, 0) is 25.7 Å². The van der Waals surface area contributed by atoms with E-state index in [0.717, 1.165) is 50.4 Å². The van der Waals surface area contributed by atoms with Gasteiger partial charge in [0, 0.05) is 36.7 Å². The molecule has 1 unspecified atom stereocenters. The molecule has 22 heavy (non-hydrogen) atoms. The number of likely N-dealkylation sites (tertiary alicyclic amines) is 1. The summed E-state index contributed by atoms with van der Waals surface area (Å²) >= 11 is 1.76. The van der Waals surface area contributed by atoms with E-state index in [1.165, 1.54) is 0 Å². The first kappa shape index (κ1) is 19.6. The van der Waals surface area contributed by atoms with E-state index >= 15 is 0 Å². The molecule has 128 valence electrons. The molecule has 2 N–H and O–H groups in total. The lowest BCUT2D eigenvalue weighted by Crippen LogP contribution is -2.51. The van der Waals surface area contributed by atoms with E-state index in [2.05, 4.69) is 24.5 Å². The van der Waals surface area contributed by atoms with Crippen molar-refractivity contribution >= 4 is 36.0 Å². The Morgan fingerprint density at radius 2 is 1.91 bits per heavy atom. The Labute approximate surface area is 143 Å². The minimum Gasteiger partial charge on any atom is -0.352 e. The minimum atomic E-state index is -0.0424. The third kappa shape index (κ3) is 5.03. The van der Waals surface area contributed by atoms with Crippen molar-refractivity contribution in [3.05, 3.63) is 0 Å². The largest absolute Gasteiger partial charge is 0.352 e. The van der Waals surface area contributed by atoms with Crippen molar-refractivity contribution in [3.8, 4) is 0 Å². The van der Waals surface area contributed by atoms with E-state index in [1.807, 2.05) is 4.90 Å². The van der Waals surface area contributed by atoms with Crippen molar-refractivity contribution in [1.82, 2.24) is 15.5 Å². The Hall–Kier alpha value is -0.460. The van der Waals surface area contributed by atoms with Crippen molar-refractivity contribution in [2.75, 3.05) is 24.7 Å². The number of piperidine rings is 1. The first-order chi connectivity index (χ1) is 10.2. The summed E-state index contributed by atoms with van der Waals surface area (Å²) < 4.78 is 0. The lowest BCUT2D eigenvalue weighted by molar-refractivity contribution is -0.137. The molecule has 0 aliphatic carbocycles. The first-order valence-corrected chi connectivity index (χ1v) is 9.21. The summed E-state index contributed by atoms with van der Waals surface area (Å²) in [4.78, 5) is 26.4. The molecule has 1 atom stereocenters. The summed E-state index contributed by atoms with van der Waals surface area (Å²) in [6.07, 6.45) is 3.57. The number of halogens is 1. The predicted octanol–water partition coefficient (Wildman–Crippen LogP) is 1.61. The lowest BCUT2D eigenvalue weighted by atomic mass is 9.98. The summed E-state index contributed by atoms with van der Waals surface area (Å²) in [5.41, 5.74) is 0. The van der Waals surface area contributed by atoms with Crippen molar-refractivity contribution in [1.29, 1.82) is 0 Å². The topological polar surface area (TPSA) is 61.4 Å². The number of rotatable bonds is 5. The number of nitrogens with zero attached hydrogens (tertiary/aromatic N) is 1. The molecule has 0 bridgehead atoms. The van der Waals surface area contributed by atoms with Gasteiger partial charge in [0.1, 0.15) is 0 Å². The number of nitrogens with one attached hydrogen (secondary N) is 2. The van der Waals surface area contributed by atoms with Crippen molar-refractivity contribution in [2.45, 2.75) is 51.6 Å². The van der Waals surface area contributed by atoms with Gasteiger partial charge < -0.3 is 10.2 Å². The maximum atomic E-state index is 12.3. The SMILES string of the molecule is CCC(CC)C(=O)N1CCC(NC(=O)C2CSCN2)CC1.Cl. The van der Waals surface area contributed by atoms with Gasteiger partial charge in [0.25, 0.3) is 0 Å². The highest BCUT2D eigenvalue weighted by atomic mass is 35.5. The molecule has 0 spiro atoms. The molecule has 0 aromatic heterocycles. The fourth-order valence-corrected chi connectivity index (χ4v) is 3.95. The van der Waals surface area contributed by atoms with Crippen LogP contribution in [-0.2, 0) is 9.59 Å². The number of hydrogen-bond donors (Lipinski definition) is 2.